The van der Waals surface area contributed by atoms with E-state index in [0.29, 0.717) is 22.8 Å². The Bertz CT molecular complexity index is 952. The van der Waals surface area contributed by atoms with Gasteiger partial charge in [0.1, 0.15) is 0 Å². The van der Waals surface area contributed by atoms with Crippen LogP contribution in [0, 0.1) is 17.4 Å². The molecule has 1 aromatic heterocycles. The molecule has 4 rings (SSSR count). The minimum atomic E-state index is -0.988. The van der Waals surface area contributed by atoms with Gasteiger partial charge in [0.25, 0.3) is 0 Å². The first kappa shape index (κ1) is 17.8. The lowest BCUT2D eigenvalue weighted by Gasteiger charge is -2.39. The Morgan fingerprint density at radius 1 is 1.48 bits per heavy atom. The molecule has 1 N–H and O–H groups in total. The van der Waals surface area contributed by atoms with E-state index < -0.39 is 16.0 Å². The molecule has 0 spiro atoms. The van der Waals surface area contributed by atoms with Crippen molar-refractivity contribution in [3.05, 3.63) is 47.7 Å². The van der Waals surface area contributed by atoms with E-state index in [1.165, 1.54) is 0 Å². The lowest BCUT2D eigenvalue weighted by atomic mass is 9.69. The van der Waals surface area contributed by atoms with Crippen molar-refractivity contribution in [1.29, 1.82) is 0 Å². The second-order valence-electron chi connectivity index (χ2n) is 8.24. The summed E-state index contributed by atoms with van der Waals surface area (Å²) in [7, 11) is 3.80. The molecule has 27 heavy (non-hydrogen) atoms. The average Bonchev–Trinajstić information content (AvgIpc) is 3.14. The Morgan fingerprint density at radius 2 is 2.19 bits per heavy atom. The molecule has 1 aromatic rings. The minimum Gasteiger partial charge on any atom is -0.435 e. The van der Waals surface area contributed by atoms with Gasteiger partial charge in [0, 0.05) is 0 Å². The Morgan fingerprint density at radius 3 is 2.78 bits per heavy atom. The summed E-state index contributed by atoms with van der Waals surface area (Å²) in [4.78, 5) is 31.9. The fraction of sp³-hybridized carbons (Fsp3) is 0.450. The third-order valence-electron chi connectivity index (χ3n) is 6.24. The molecule has 1 aliphatic carbocycles. The zero-order valence-electron chi connectivity index (χ0n) is 16.2. The topological polar surface area (TPSA) is 75.4 Å². The van der Waals surface area contributed by atoms with Crippen molar-refractivity contribution in [3.8, 4) is 0 Å². The van der Waals surface area contributed by atoms with Gasteiger partial charge < -0.3 is 5.11 Å². The number of imidazole rings is 1. The van der Waals surface area contributed by atoms with E-state index in [-0.39, 0.29) is 24.4 Å². The fourth-order valence-electron chi connectivity index (χ4n) is 4.17. The van der Waals surface area contributed by atoms with Crippen LogP contribution in [0.4, 0.5) is 4.79 Å². The average molecular weight is 368 g/mol. The normalized spacial score (nSPS) is 31.6. The number of allylic oxidation sites excluding steroid dienone is 2. The molecule has 0 saturated heterocycles. The van der Waals surface area contributed by atoms with Crippen molar-refractivity contribution in [2.45, 2.75) is 33.5 Å². The number of nitrogens with zero attached hydrogens (tertiary/aromatic N) is 4. The van der Waals surface area contributed by atoms with Gasteiger partial charge in [0.2, 0.25) is 6.67 Å². The second-order valence-corrected chi connectivity index (χ2v) is 8.24. The molecule has 0 radical (unpaired) electrons. The second kappa shape index (κ2) is 5.45. The first-order chi connectivity index (χ1) is 12.6. The van der Waals surface area contributed by atoms with Crippen LogP contribution in [0.2, 0.25) is 0 Å². The van der Waals surface area contributed by atoms with Gasteiger partial charge in [-0.2, -0.15) is 9.36 Å². The summed E-state index contributed by atoms with van der Waals surface area (Å²) in [5.74, 6) is 0.668. The maximum absolute atomic E-state index is 13.0. The number of aromatic nitrogens is 2. The molecule has 3 aliphatic rings. The van der Waals surface area contributed by atoms with Gasteiger partial charge in [-0.15, -0.1) is 4.98 Å². The van der Waals surface area contributed by atoms with E-state index in [9.17, 15) is 14.7 Å². The van der Waals surface area contributed by atoms with E-state index in [4.69, 9.17) is 0 Å². The summed E-state index contributed by atoms with van der Waals surface area (Å²) < 4.78 is 1.45. The number of carbonyl (C=O) groups excluding carboxylic acids is 1. The van der Waals surface area contributed by atoms with Crippen LogP contribution >= 0.6 is 0 Å². The molecular formula is C20H24N4O3+2. The van der Waals surface area contributed by atoms with Gasteiger partial charge in [-0.05, 0) is 39.1 Å². The van der Waals surface area contributed by atoms with Crippen molar-refractivity contribution in [3.63, 3.8) is 0 Å². The number of amides is 1. The monoisotopic (exact) mass is 368 g/mol. The first-order valence-corrected chi connectivity index (χ1v) is 9.06. The number of carboxylic acid groups (broad SMARTS) is 1. The standard InChI is InChI=1S/C20H23N4O3/c1-12(2)20(3)10-16-13(8-17(20)25)14(22(4)5)9-15-18-21-6-7-23(18)11-24(15,16)19(26)27/h6-8,10,12,14H,11H2,1-5H3/q+1/p+1. The molecule has 1 amide bonds. The van der Waals surface area contributed by atoms with Crippen LogP contribution in [-0.4, -0.2) is 56.1 Å². The predicted octanol–water partition coefficient (Wildman–Crippen LogP) is 2.49. The summed E-state index contributed by atoms with van der Waals surface area (Å²) in [5.41, 5.74) is 1.15. The first-order valence-electron chi connectivity index (χ1n) is 9.06. The Kier molecular flexibility index (Phi) is 3.59. The summed E-state index contributed by atoms with van der Waals surface area (Å²) in [5, 5.41) is 10.3. The Labute approximate surface area is 158 Å². The highest BCUT2D eigenvalue weighted by atomic mass is 16.4. The van der Waals surface area contributed by atoms with Gasteiger partial charge in [-0.3, -0.25) is 9.69 Å². The van der Waals surface area contributed by atoms with Crippen molar-refractivity contribution in [1.82, 2.24) is 14.5 Å². The highest BCUT2D eigenvalue weighted by Crippen LogP contribution is 2.51. The van der Waals surface area contributed by atoms with Crippen LogP contribution in [0.1, 0.15) is 26.6 Å². The van der Waals surface area contributed by atoms with Crippen molar-refractivity contribution in [2.75, 3.05) is 14.1 Å². The number of carbonyl (C=O) groups is 2. The number of hydrogen-bond donors (Lipinski definition) is 1. The maximum Gasteiger partial charge on any atom is 0.529 e. The predicted molar refractivity (Wildman–Crippen MR) is 98.8 cm³/mol. The molecule has 3 atom stereocenters. The lowest BCUT2D eigenvalue weighted by Crippen LogP contribution is -2.54. The van der Waals surface area contributed by atoms with Gasteiger partial charge in [-0.1, -0.05) is 18.3 Å². The Hall–Kier alpha value is -2.60. The zero-order chi connectivity index (χ0) is 19.7. The molecule has 140 valence electrons. The third kappa shape index (κ3) is 2.10. The number of hydrogen-bond acceptors (Lipinski definition) is 4. The van der Waals surface area contributed by atoms with Crippen LogP contribution < -0.4 is 0 Å². The molecule has 0 aromatic carbocycles. The largest absolute Gasteiger partial charge is 0.529 e. The highest BCUT2D eigenvalue weighted by Gasteiger charge is 2.66. The summed E-state index contributed by atoms with van der Waals surface area (Å²) >= 11 is 0. The van der Waals surface area contributed by atoms with Crippen LogP contribution in [0.5, 0.6) is 0 Å². The zero-order valence-corrected chi connectivity index (χ0v) is 16.2. The molecule has 0 fully saturated rings. The number of quaternary nitrogens is 1. The third-order valence-corrected chi connectivity index (χ3v) is 6.24. The maximum atomic E-state index is 13.0. The molecular weight excluding hydrogens is 344 g/mol. The van der Waals surface area contributed by atoms with Crippen molar-refractivity contribution >= 4 is 17.6 Å². The molecule has 7 nitrogen and oxygen atoms in total. The molecule has 0 saturated carbocycles. The van der Waals surface area contributed by atoms with E-state index in [1.807, 2.05) is 50.4 Å². The molecule has 0 bridgehead atoms. The quantitative estimate of drug-likeness (QED) is 0.641. The van der Waals surface area contributed by atoms with E-state index in [1.54, 1.807) is 18.5 Å². The van der Waals surface area contributed by atoms with Gasteiger partial charge in [0.05, 0.1) is 23.4 Å². The van der Waals surface area contributed by atoms with E-state index >= 15 is 0 Å². The van der Waals surface area contributed by atoms with Crippen molar-refractivity contribution in [2.24, 2.45) is 11.3 Å². The number of rotatable bonds is 2. The molecule has 2 aliphatic heterocycles. The summed E-state index contributed by atoms with van der Waals surface area (Å²) in [6, 6.07) is -0.305. The van der Waals surface area contributed by atoms with E-state index in [0.717, 1.165) is 0 Å². The van der Waals surface area contributed by atoms with Crippen molar-refractivity contribution < 1.29 is 19.2 Å². The van der Waals surface area contributed by atoms with Gasteiger partial charge >= 0.3 is 17.6 Å². The molecule has 3 unspecified atom stereocenters. The smallest absolute Gasteiger partial charge is 0.435 e. The molecule has 3 heterocycles. The van der Waals surface area contributed by atoms with Crippen LogP contribution in [0.25, 0.3) is 5.70 Å². The van der Waals surface area contributed by atoms with Crippen LogP contribution in [-0.2, 0) is 11.5 Å². The van der Waals surface area contributed by atoms with Crippen LogP contribution in [0.15, 0.2) is 35.8 Å². The fourth-order valence-corrected chi connectivity index (χ4v) is 4.17. The highest BCUT2D eigenvalue weighted by molar-refractivity contribution is 5.99. The number of fused-ring (bicyclic) bond motifs is 5. The van der Waals surface area contributed by atoms with Gasteiger partial charge in [0.15, 0.2) is 23.6 Å². The molecule has 7 heteroatoms. The SMILES string of the molecule is CC(C)C1(C)C=C2C(=CC1=O)C(N(C)C)[C+]=C1c3nccn3C[N+]12C(=O)O. The summed E-state index contributed by atoms with van der Waals surface area (Å²) in [6.07, 6.45) is 9.33. The van der Waals surface area contributed by atoms with Crippen LogP contribution in [0.3, 0.4) is 0 Å². The minimum absolute atomic E-state index is 0.00817. The number of ketones is 1. The lowest BCUT2D eigenvalue weighted by molar-refractivity contribution is -0.762. The van der Waals surface area contributed by atoms with E-state index in [2.05, 4.69) is 11.1 Å². The Balaban J connectivity index is 2.05. The number of likely N-dealkylation sites (N-methyl/N-ethyl adjacent to an activating group) is 1. The van der Waals surface area contributed by atoms with Gasteiger partial charge in [-0.25, -0.2) is 0 Å². The summed E-state index contributed by atoms with van der Waals surface area (Å²) in [6.45, 7) is 6.07.